The monoisotopic (exact) mass is 254 g/mol. The van der Waals surface area contributed by atoms with E-state index in [0.717, 1.165) is 12.8 Å². The van der Waals surface area contributed by atoms with Crippen LogP contribution in [0.2, 0.25) is 5.02 Å². The average molecular weight is 255 g/mol. The molecule has 3 N–H and O–H groups in total. The summed E-state index contributed by atoms with van der Waals surface area (Å²) in [4.78, 5) is 11.3. The number of aromatic nitrogens is 2. The summed E-state index contributed by atoms with van der Waals surface area (Å²) < 4.78 is 0. The molecule has 1 aromatic rings. The van der Waals surface area contributed by atoms with E-state index in [1.165, 1.54) is 12.8 Å². The van der Waals surface area contributed by atoms with Crippen LogP contribution in [0.5, 0.6) is 0 Å². The highest BCUT2D eigenvalue weighted by Gasteiger charge is 2.33. The van der Waals surface area contributed by atoms with Crippen LogP contribution in [0.15, 0.2) is 11.0 Å². The van der Waals surface area contributed by atoms with E-state index in [9.17, 15) is 4.79 Å². The molecule has 92 valence electrons. The highest BCUT2D eigenvalue weighted by molar-refractivity contribution is 6.32. The molecule has 2 aliphatic heterocycles. The van der Waals surface area contributed by atoms with Crippen molar-refractivity contribution in [2.75, 3.05) is 5.32 Å². The minimum absolute atomic E-state index is 0.200. The Balaban J connectivity index is 1.75. The molecule has 2 atom stereocenters. The second kappa shape index (κ2) is 4.31. The van der Waals surface area contributed by atoms with E-state index in [4.69, 9.17) is 11.6 Å². The predicted molar refractivity (Wildman–Crippen MR) is 66.5 cm³/mol. The van der Waals surface area contributed by atoms with Gasteiger partial charge in [0.2, 0.25) is 0 Å². The summed E-state index contributed by atoms with van der Waals surface area (Å²) in [6, 6.07) is 1.61. The summed E-state index contributed by atoms with van der Waals surface area (Å²) in [7, 11) is 0. The standard InChI is InChI=1S/C11H15ClN4O/c12-10-9(5-13-16-11(10)17)15-8-3-6-1-2-7(4-8)14-6/h5-8,14H,1-4H2,(H2,15,16,17). The number of nitrogens with one attached hydrogen (secondary N) is 3. The number of fused-ring (bicyclic) bond motifs is 2. The lowest BCUT2D eigenvalue weighted by atomic mass is 10.00. The van der Waals surface area contributed by atoms with Crippen molar-refractivity contribution >= 4 is 17.3 Å². The van der Waals surface area contributed by atoms with Crippen LogP contribution in [0, 0.1) is 0 Å². The normalized spacial score (nSPS) is 31.5. The fraction of sp³-hybridized carbons (Fsp3) is 0.636. The van der Waals surface area contributed by atoms with Crippen molar-refractivity contribution in [2.45, 2.75) is 43.8 Å². The number of hydrogen-bond acceptors (Lipinski definition) is 4. The van der Waals surface area contributed by atoms with E-state index < -0.39 is 0 Å². The first kappa shape index (κ1) is 11.0. The Hall–Kier alpha value is -1.07. The molecule has 0 saturated carbocycles. The number of H-pyrrole nitrogens is 1. The number of aromatic amines is 1. The van der Waals surface area contributed by atoms with Crippen LogP contribution < -0.4 is 16.2 Å². The maximum atomic E-state index is 11.3. The number of hydrogen-bond donors (Lipinski definition) is 3. The quantitative estimate of drug-likeness (QED) is 0.740. The maximum Gasteiger partial charge on any atom is 0.285 e. The molecule has 2 saturated heterocycles. The first-order chi connectivity index (χ1) is 8.22. The van der Waals surface area contributed by atoms with E-state index in [-0.39, 0.29) is 10.6 Å². The van der Waals surface area contributed by atoms with Crippen LogP contribution in [0.4, 0.5) is 5.69 Å². The second-order valence-electron chi connectivity index (χ2n) is 4.88. The third-order valence-electron chi connectivity index (χ3n) is 3.63. The van der Waals surface area contributed by atoms with Crippen LogP contribution >= 0.6 is 11.6 Å². The Morgan fingerprint density at radius 2 is 2.06 bits per heavy atom. The number of rotatable bonds is 2. The lowest BCUT2D eigenvalue weighted by molar-refractivity contribution is 0.378. The second-order valence-corrected chi connectivity index (χ2v) is 5.26. The molecule has 1 aromatic heterocycles. The Bertz CT molecular complexity index is 463. The topological polar surface area (TPSA) is 69.8 Å². The summed E-state index contributed by atoms with van der Waals surface area (Å²) in [6.07, 6.45) is 6.25. The maximum absolute atomic E-state index is 11.3. The van der Waals surface area contributed by atoms with E-state index in [1.807, 2.05) is 0 Å². The molecule has 0 radical (unpaired) electrons. The van der Waals surface area contributed by atoms with Gasteiger partial charge in [0, 0.05) is 18.1 Å². The van der Waals surface area contributed by atoms with Gasteiger partial charge in [-0.3, -0.25) is 4.79 Å². The number of piperidine rings is 1. The third kappa shape index (κ3) is 2.17. The largest absolute Gasteiger partial charge is 0.380 e. The molecule has 2 aliphatic rings. The SMILES string of the molecule is O=c1[nH]ncc(NC2CC3CCC(C2)N3)c1Cl. The van der Waals surface area contributed by atoms with Gasteiger partial charge in [-0.25, -0.2) is 5.10 Å². The van der Waals surface area contributed by atoms with E-state index in [0.29, 0.717) is 23.8 Å². The van der Waals surface area contributed by atoms with Gasteiger partial charge in [-0.15, -0.1) is 0 Å². The summed E-state index contributed by atoms with van der Waals surface area (Å²) in [5, 5.41) is 13.2. The minimum Gasteiger partial charge on any atom is -0.380 e. The average Bonchev–Trinajstić information content (AvgIpc) is 2.65. The van der Waals surface area contributed by atoms with Gasteiger partial charge in [0.1, 0.15) is 5.02 Å². The van der Waals surface area contributed by atoms with Gasteiger partial charge in [-0.1, -0.05) is 11.6 Å². The molecule has 6 heteroatoms. The van der Waals surface area contributed by atoms with E-state index in [1.54, 1.807) is 6.20 Å². The number of anilines is 1. The van der Waals surface area contributed by atoms with Gasteiger partial charge >= 0.3 is 0 Å². The third-order valence-corrected chi connectivity index (χ3v) is 4.00. The van der Waals surface area contributed by atoms with Crippen molar-refractivity contribution in [3.8, 4) is 0 Å². The molecular formula is C11H15ClN4O. The first-order valence-electron chi connectivity index (χ1n) is 5.98. The zero-order valence-corrected chi connectivity index (χ0v) is 10.1. The van der Waals surface area contributed by atoms with Crippen molar-refractivity contribution in [1.29, 1.82) is 0 Å². The van der Waals surface area contributed by atoms with Gasteiger partial charge in [-0.2, -0.15) is 5.10 Å². The van der Waals surface area contributed by atoms with Crippen LogP contribution in [-0.2, 0) is 0 Å². The van der Waals surface area contributed by atoms with Crippen LogP contribution in [-0.4, -0.2) is 28.3 Å². The summed E-state index contributed by atoms with van der Waals surface area (Å²) >= 11 is 5.94. The minimum atomic E-state index is -0.339. The Labute approximate surface area is 104 Å². The number of nitrogens with zero attached hydrogens (tertiary/aromatic N) is 1. The zero-order chi connectivity index (χ0) is 11.8. The Morgan fingerprint density at radius 1 is 1.35 bits per heavy atom. The van der Waals surface area contributed by atoms with Gasteiger partial charge in [0.25, 0.3) is 5.56 Å². The smallest absolute Gasteiger partial charge is 0.285 e. The van der Waals surface area contributed by atoms with Crippen LogP contribution in [0.1, 0.15) is 25.7 Å². The Morgan fingerprint density at radius 3 is 2.76 bits per heavy atom. The fourth-order valence-electron chi connectivity index (χ4n) is 2.88. The molecule has 5 nitrogen and oxygen atoms in total. The van der Waals surface area contributed by atoms with Gasteiger partial charge in [0.05, 0.1) is 11.9 Å². The van der Waals surface area contributed by atoms with Crippen molar-refractivity contribution in [3.63, 3.8) is 0 Å². The first-order valence-corrected chi connectivity index (χ1v) is 6.36. The molecule has 2 bridgehead atoms. The van der Waals surface area contributed by atoms with E-state index >= 15 is 0 Å². The molecule has 3 rings (SSSR count). The van der Waals surface area contributed by atoms with Gasteiger partial charge < -0.3 is 10.6 Å². The molecule has 2 fully saturated rings. The van der Waals surface area contributed by atoms with E-state index in [2.05, 4.69) is 20.8 Å². The molecule has 17 heavy (non-hydrogen) atoms. The molecule has 3 heterocycles. The van der Waals surface area contributed by atoms with Crippen molar-refractivity contribution in [3.05, 3.63) is 21.6 Å². The fourth-order valence-corrected chi connectivity index (χ4v) is 3.02. The highest BCUT2D eigenvalue weighted by Crippen LogP contribution is 2.29. The molecule has 2 unspecified atom stereocenters. The van der Waals surface area contributed by atoms with Crippen LogP contribution in [0.25, 0.3) is 0 Å². The van der Waals surface area contributed by atoms with Gasteiger partial charge in [-0.05, 0) is 25.7 Å². The van der Waals surface area contributed by atoms with Gasteiger partial charge in [0.15, 0.2) is 0 Å². The van der Waals surface area contributed by atoms with Crippen molar-refractivity contribution in [1.82, 2.24) is 15.5 Å². The lowest BCUT2D eigenvalue weighted by Crippen LogP contribution is -2.43. The summed E-state index contributed by atoms with van der Waals surface area (Å²) in [6.45, 7) is 0. The zero-order valence-electron chi connectivity index (χ0n) is 9.37. The van der Waals surface area contributed by atoms with Crippen LogP contribution in [0.3, 0.4) is 0 Å². The molecular weight excluding hydrogens is 240 g/mol. The lowest BCUT2D eigenvalue weighted by Gasteiger charge is -2.30. The highest BCUT2D eigenvalue weighted by atomic mass is 35.5. The molecule has 0 aliphatic carbocycles. The van der Waals surface area contributed by atoms with Crippen molar-refractivity contribution in [2.24, 2.45) is 0 Å². The Kier molecular flexibility index (Phi) is 2.80. The predicted octanol–water partition coefficient (Wildman–Crippen LogP) is 1.12. The summed E-state index contributed by atoms with van der Waals surface area (Å²) in [5.74, 6) is 0. The number of halogens is 1. The van der Waals surface area contributed by atoms with Crippen molar-refractivity contribution < 1.29 is 0 Å². The molecule has 0 spiro atoms. The molecule has 0 aromatic carbocycles. The summed E-state index contributed by atoms with van der Waals surface area (Å²) in [5.41, 5.74) is 0.301. The molecule has 0 amide bonds.